The zero-order valence-corrected chi connectivity index (χ0v) is 14.6. The summed E-state index contributed by atoms with van der Waals surface area (Å²) < 4.78 is 19.9. The van der Waals surface area contributed by atoms with Gasteiger partial charge in [-0.2, -0.15) is 0 Å². The summed E-state index contributed by atoms with van der Waals surface area (Å²) in [5.74, 6) is -0.263. The number of carbonyl (C=O) groups is 1. The van der Waals surface area contributed by atoms with Crippen molar-refractivity contribution in [1.29, 1.82) is 0 Å². The van der Waals surface area contributed by atoms with E-state index in [0.29, 0.717) is 24.9 Å². The molecule has 2 rings (SSSR count). The number of halogens is 1. The fraction of sp³-hybridized carbons (Fsp3) is 0.632. The number of rotatable bonds is 9. The number of aliphatic hydroxyl groups excluding tert-OH is 1. The van der Waals surface area contributed by atoms with E-state index in [-0.39, 0.29) is 24.3 Å². The van der Waals surface area contributed by atoms with Gasteiger partial charge in [0.1, 0.15) is 11.6 Å². The van der Waals surface area contributed by atoms with Crippen LogP contribution in [0.4, 0.5) is 4.39 Å². The van der Waals surface area contributed by atoms with Crippen LogP contribution >= 0.6 is 0 Å². The van der Waals surface area contributed by atoms with Gasteiger partial charge in [0, 0.05) is 13.0 Å². The molecular weight excluding hydrogens is 309 g/mol. The molecule has 0 aliphatic carbocycles. The van der Waals surface area contributed by atoms with Crippen molar-refractivity contribution in [3.05, 3.63) is 35.1 Å². The minimum atomic E-state index is -0.542. The van der Waals surface area contributed by atoms with Gasteiger partial charge in [-0.15, -0.1) is 0 Å². The fourth-order valence-electron chi connectivity index (χ4n) is 3.18. The lowest BCUT2D eigenvalue weighted by atomic mass is 9.98. The van der Waals surface area contributed by atoms with E-state index >= 15 is 0 Å². The van der Waals surface area contributed by atoms with Crippen LogP contribution in [0.5, 0.6) is 0 Å². The largest absolute Gasteiger partial charge is 0.389 e. The summed E-state index contributed by atoms with van der Waals surface area (Å²) in [5, 5.41) is 10.1. The molecule has 0 saturated carbocycles. The number of aliphatic hydroxyl groups is 1. The van der Waals surface area contributed by atoms with Gasteiger partial charge in [0.25, 0.3) is 0 Å². The lowest BCUT2D eigenvalue weighted by Gasteiger charge is -2.22. The molecule has 1 fully saturated rings. The number of nitrogens with zero attached hydrogens (tertiary/aromatic N) is 1. The van der Waals surface area contributed by atoms with Crippen LogP contribution in [0.1, 0.15) is 50.3 Å². The minimum Gasteiger partial charge on any atom is -0.389 e. The molecule has 24 heavy (non-hydrogen) atoms. The smallest absolute Gasteiger partial charge is 0.130 e. The fourth-order valence-corrected chi connectivity index (χ4v) is 3.18. The first-order valence-electron chi connectivity index (χ1n) is 8.76. The second-order valence-electron chi connectivity index (χ2n) is 6.65. The van der Waals surface area contributed by atoms with Gasteiger partial charge in [-0.1, -0.05) is 12.1 Å². The standard InChI is InChI=1S/C19H28FNO3/c1-14(22)8-9-18-17(6-5-7-19(18)20)15(2)24-13-16(23)12-21-10-3-4-11-21/h5-7,15-16,23H,3-4,8-13H2,1-2H3. The summed E-state index contributed by atoms with van der Waals surface area (Å²) in [6, 6.07) is 4.90. The van der Waals surface area contributed by atoms with E-state index in [1.807, 2.05) is 13.0 Å². The molecule has 2 unspecified atom stereocenters. The van der Waals surface area contributed by atoms with Crippen LogP contribution in [0.2, 0.25) is 0 Å². The van der Waals surface area contributed by atoms with E-state index in [2.05, 4.69) is 4.90 Å². The maximum atomic E-state index is 14.1. The van der Waals surface area contributed by atoms with Crippen molar-refractivity contribution in [2.75, 3.05) is 26.2 Å². The average molecular weight is 337 g/mol. The molecule has 0 spiro atoms. The molecule has 4 nitrogen and oxygen atoms in total. The van der Waals surface area contributed by atoms with E-state index in [1.165, 1.54) is 25.8 Å². The van der Waals surface area contributed by atoms with Gasteiger partial charge >= 0.3 is 0 Å². The van der Waals surface area contributed by atoms with Crippen LogP contribution < -0.4 is 0 Å². The first-order valence-corrected chi connectivity index (χ1v) is 8.76. The number of carbonyl (C=O) groups excluding carboxylic acids is 1. The van der Waals surface area contributed by atoms with E-state index in [9.17, 15) is 14.3 Å². The van der Waals surface area contributed by atoms with E-state index in [1.54, 1.807) is 6.07 Å². The van der Waals surface area contributed by atoms with Gasteiger partial charge in [-0.3, -0.25) is 0 Å². The number of benzene rings is 1. The normalized spacial score (nSPS) is 17.8. The maximum Gasteiger partial charge on any atom is 0.130 e. The summed E-state index contributed by atoms with van der Waals surface area (Å²) in [7, 11) is 0. The molecule has 5 heteroatoms. The number of ether oxygens (including phenoxy) is 1. The molecule has 1 N–H and O–H groups in total. The van der Waals surface area contributed by atoms with Crippen molar-refractivity contribution in [1.82, 2.24) is 4.90 Å². The van der Waals surface area contributed by atoms with E-state index < -0.39 is 6.10 Å². The Labute approximate surface area is 143 Å². The van der Waals surface area contributed by atoms with Crippen LogP contribution in [0, 0.1) is 5.82 Å². The monoisotopic (exact) mass is 337 g/mol. The Kier molecular flexibility index (Phi) is 7.34. The molecular formula is C19H28FNO3. The molecule has 0 amide bonds. The highest BCUT2D eigenvalue weighted by molar-refractivity contribution is 5.75. The molecule has 1 heterocycles. The van der Waals surface area contributed by atoms with Gasteiger partial charge in [0.15, 0.2) is 0 Å². The third kappa shape index (κ3) is 5.65. The van der Waals surface area contributed by atoms with Gasteiger partial charge in [-0.25, -0.2) is 4.39 Å². The lowest BCUT2D eigenvalue weighted by Crippen LogP contribution is -2.33. The molecule has 1 aromatic carbocycles. The highest BCUT2D eigenvalue weighted by Crippen LogP contribution is 2.25. The van der Waals surface area contributed by atoms with Crippen LogP contribution in [0.3, 0.4) is 0 Å². The topological polar surface area (TPSA) is 49.8 Å². The number of hydrogen-bond acceptors (Lipinski definition) is 4. The number of ketones is 1. The van der Waals surface area contributed by atoms with Crippen molar-refractivity contribution in [2.45, 2.75) is 51.7 Å². The quantitative estimate of drug-likeness (QED) is 0.753. The summed E-state index contributed by atoms with van der Waals surface area (Å²) in [5.41, 5.74) is 1.29. The number of hydrogen-bond donors (Lipinski definition) is 1. The molecule has 1 aliphatic rings. The van der Waals surface area contributed by atoms with Crippen molar-refractivity contribution in [2.24, 2.45) is 0 Å². The van der Waals surface area contributed by atoms with E-state index in [4.69, 9.17) is 4.74 Å². The van der Waals surface area contributed by atoms with Crippen LogP contribution in [0.25, 0.3) is 0 Å². The summed E-state index contributed by atoms with van der Waals surface area (Å²) >= 11 is 0. The number of likely N-dealkylation sites (tertiary alicyclic amines) is 1. The molecule has 0 bridgehead atoms. The summed E-state index contributed by atoms with van der Waals surface area (Å²) in [6.45, 7) is 6.27. The van der Waals surface area contributed by atoms with Crippen LogP contribution in [0.15, 0.2) is 18.2 Å². The zero-order valence-electron chi connectivity index (χ0n) is 14.6. The maximum absolute atomic E-state index is 14.1. The van der Waals surface area contributed by atoms with Crippen molar-refractivity contribution in [3.63, 3.8) is 0 Å². The average Bonchev–Trinajstić information content (AvgIpc) is 3.04. The molecule has 0 aromatic heterocycles. The molecule has 134 valence electrons. The molecule has 1 aliphatic heterocycles. The minimum absolute atomic E-state index is 0.0406. The SMILES string of the molecule is CC(=O)CCc1c(F)cccc1C(C)OCC(O)CN1CCCC1. The Hall–Kier alpha value is -1.30. The second-order valence-corrected chi connectivity index (χ2v) is 6.65. The molecule has 2 atom stereocenters. The van der Waals surface area contributed by atoms with Gasteiger partial charge < -0.3 is 19.5 Å². The lowest BCUT2D eigenvalue weighted by molar-refractivity contribution is -0.116. The summed E-state index contributed by atoms with van der Waals surface area (Å²) in [6.07, 6.45) is 2.20. The Morgan fingerprint density at radius 3 is 2.75 bits per heavy atom. The Balaban J connectivity index is 1.91. The van der Waals surface area contributed by atoms with E-state index in [0.717, 1.165) is 18.7 Å². The van der Waals surface area contributed by atoms with Gasteiger partial charge in [0.2, 0.25) is 0 Å². The number of Topliss-reactive ketones (excluding diaryl/α,β-unsaturated/α-hetero) is 1. The second kappa shape index (κ2) is 9.25. The molecule has 1 saturated heterocycles. The number of β-amino-alcohol motifs (C(OH)–C–C–N with tert-alkyl or cyclic N) is 1. The van der Waals surface area contributed by atoms with Crippen LogP contribution in [-0.2, 0) is 16.0 Å². The molecule has 0 radical (unpaired) electrons. The Bertz CT molecular complexity index is 543. The first kappa shape index (κ1) is 19.0. The van der Waals surface area contributed by atoms with Crippen molar-refractivity contribution in [3.8, 4) is 0 Å². The third-order valence-electron chi connectivity index (χ3n) is 4.53. The van der Waals surface area contributed by atoms with Gasteiger partial charge in [0.05, 0.1) is 18.8 Å². The Morgan fingerprint density at radius 2 is 2.08 bits per heavy atom. The predicted octanol–water partition coefficient (Wildman–Crippen LogP) is 2.88. The predicted molar refractivity (Wildman–Crippen MR) is 91.4 cm³/mol. The van der Waals surface area contributed by atoms with Gasteiger partial charge in [-0.05, 0) is 63.4 Å². The van der Waals surface area contributed by atoms with Crippen molar-refractivity contribution < 1.29 is 19.0 Å². The highest BCUT2D eigenvalue weighted by atomic mass is 19.1. The van der Waals surface area contributed by atoms with Crippen LogP contribution in [-0.4, -0.2) is 48.1 Å². The highest BCUT2D eigenvalue weighted by Gasteiger charge is 2.19. The first-order chi connectivity index (χ1) is 11.5. The Morgan fingerprint density at radius 1 is 1.38 bits per heavy atom. The van der Waals surface area contributed by atoms with Crippen molar-refractivity contribution >= 4 is 5.78 Å². The third-order valence-corrected chi connectivity index (χ3v) is 4.53. The molecule has 1 aromatic rings. The zero-order chi connectivity index (χ0) is 17.5. The summed E-state index contributed by atoms with van der Waals surface area (Å²) in [4.78, 5) is 13.4.